The predicted octanol–water partition coefficient (Wildman–Crippen LogP) is 2.28. The van der Waals surface area contributed by atoms with Crippen molar-refractivity contribution in [3.63, 3.8) is 0 Å². The Morgan fingerprint density at radius 2 is 1.78 bits per heavy atom. The molecule has 1 heterocycles. The van der Waals surface area contributed by atoms with E-state index in [1.54, 1.807) is 0 Å². The summed E-state index contributed by atoms with van der Waals surface area (Å²) in [4.78, 5) is 2.59. The molecule has 0 bridgehead atoms. The number of aliphatic hydroxyl groups is 1. The van der Waals surface area contributed by atoms with Gasteiger partial charge in [0.1, 0.15) is 0 Å². The summed E-state index contributed by atoms with van der Waals surface area (Å²) in [5.41, 5.74) is 0. The van der Waals surface area contributed by atoms with Gasteiger partial charge in [0, 0.05) is 32.8 Å². The van der Waals surface area contributed by atoms with E-state index in [9.17, 15) is 5.11 Å². The van der Waals surface area contributed by atoms with E-state index in [4.69, 9.17) is 4.74 Å². The van der Waals surface area contributed by atoms with Crippen LogP contribution in [0, 0.1) is 11.8 Å². The van der Waals surface area contributed by atoms with E-state index < -0.39 is 0 Å². The molecule has 0 amide bonds. The van der Waals surface area contributed by atoms with E-state index in [2.05, 4.69) is 11.8 Å². The van der Waals surface area contributed by atoms with Crippen molar-refractivity contribution in [1.82, 2.24) is 4.90 Å². The number of piperidine rings is 1. The predicted molar refractivity (Wildman–Crippen MR) is 73.6 cm³/mol. The first-order valence-electron chi connectivity index (χ1n) is 7.60. The third-order valence-electron chi connectivity index (χ3n) is 4.85. The summed E-state index contributed by atoms with van der Waals surface area (Å²) in [5, 5.41) is 9.66. The summed E-state index contributed by atoms with van der Waals surface area (Å²) in [6, 6.07) is 0.561. The lowest BCUT2D eigenvalue weighted by atomic mass is 9.81. The van der Waals surface area contributed by atoms with Crippen LogP contribution in [0.3, 0.4) is 0 Å². The molecule has 2 fully saturated rings. The van der Waals surface area contributed by atoms with Crippen molar-refractivity contribution in [2.45, 2.75) is 57.6 Å². The summed E-state index contributed by atoms with van der Waals surface area (Å²) < 4.78 is 5.26. The van der Waals surface area contributed by atoms with Crippen LogP contribution in [0.5, 0.6) is 0 Å². The molecule has 2 aliphatic rings. The highest BCUT2D eigenvalue weighted by Gasteiger charge is 2.28. The summed E-state index contributed by atoms with van der Waals surface area (Å²) in [6.07, 6.45) is 7.25. The molecular weight excluding hydrogens is 226 g/mol. The third kappa shape index (κ3) is 3.94. The van der Waals surface area contributed by atoms with Crippen LogP contribution in [-0.4, -0.2) is 49.0 Å². The molecule has 1 aliphatic heterocycles. The smallest absolute Gasteiger partial charge is 0.0567 e. The molecule has 3 nitrogen and oxygen atoms in total. The van der Waals surface area contributed by atoms with E-state index in [1.807, 2.05) is 7.11 Å². The second-order valence-electron chi connectivity index (χ2n) is 6.36. The number of hydrogen-bond donors (Lipinski definition) is 1. The average molecular weight is 255 g/mol. The highest BCUT2D eigenvalue weighted by Crippen LogP contribution is 2.30. The molecule has 1 saturated carbocycles. The zero-order valence-electron chi connectivity index (χ0n) is 12.0. The van der Waals surface area contributed by atoms with E-state index >= 15 is 0 Å². The molecular formula is C15H29NO2. The molecule has 3 heteroatoms. The maximum absolute atomic E-state index is 9.66. The van der Waals surface area contributed by atoms with Crippen LogP contribution in [-0.2, 0) is 4.74 Å². The quantitative estimate of drug-likeness (QED) is 0.836. The fourth-order valence-electron chi connectivity index (χ4n) is 3.62. The van der Waals surface area contributed by atoms with Crippen LogP contribution in [0.2, 0.25) is 0 Å². The van der Waals surface area contributed by atoms with Crippen molar-refractivity contribution >= 4 is 0 Å². The number of likely N-dealkylation sites (tertiary alicyclic amines) is 1. The van der Waals surface area contributed by atoms with Crippen molar-refractivity contribution < 1.29 is 9.84 Å². The Bertz CT molecular complexity index is 239. The van der Waals surface area contributed by atoms with Gasteiger partial charge in [0.15, 0.2) is 0 Å². The van der Waals surface area contributed by atoms with E-state index in [1.165, 1.54) is 32.2 Å². The van der Waals surface area contributed by atoms with Crippen LogP contribution >= 0.6 is 0 Å². The first kappa shape index (κ1) is 14.3. The molecule has 0 radical (unpaired) electrons. The highest BCUT2D eigenvalue weighted by atomic mass is 16.5. The number of methoxy groups -OCH3 is 1. The summed E-state index contributed by atoms with van der Waals surface area (Å²) in [6.45, 7) is 5.53. The van der Waals surface area contributed by atoms with Gasteiger partial charge in [-0.15, -0.1) is 0 Å². The van der Waals surface area contributed by atoms with Crippen LogP contribution in [0.1, 0.15) is 45.4 Å². The minimum absolute atomic E-state index is 0.0614. The standard InChI is InChI=1S/C15H29NO2/c1-12-9-15(17)7-8-16(12)10-13-3-5-14(6-4-13)11-18-2/h12-15,17H,3-11H2,1-2H3. The summed E-state index contributed by atoms with van der Waals surface area (Å²) >= 11 is 0. The van der Waals surface area contributed by atoms with Crippen molar-refractivity contribution in [2.24, 2.45) is 11.8 Å². The third-order valence-corrected chi connectivity index (χ3v) is 4.85. The Balaban J connectivity index is 1.71. The van der Waals surface area contributed by atoms with Gasteiger partial charge in [-0.05, 0) is 57.3 Å². The Morgan fingerprint density at radius 1 is 1.11 bits per heavy atom. The van der Waals surface area contributed by atoms with Gasteiger partial charge in [-0.2, -0.15) is 0 Å². The molecule has 2 unspecified atom stereocenters. The topological polar surface area (TPSA) is 32.7 Å². The Hall–Kier alpha value is -0.120. The van der Waals surface area contributed by atoms with E-state index in [-0.39, 0.29) is 6.10 Å². The summed E-state index contributed by atoms with van der Waals surface area (Å²) in [7, 11) is 1.81. The first-order valence-corrected chi connectivity index (χ1v) is 7.60. The fraction of sp³-hybridized carbons (Fsp3) is 1.00. The van der Waals surface area contributed by atoms with Gasteiger partial charge in [0.25, 0.3) is 0 Å². The Labute approximate surface area is 112 Å². The van der Waals surface area contributed by atoms with Crippen LogP contribution in [0.25, 0.3) is 0 Å². The average Bonchev–Trinajstić information content (AvgIpc) is 2.35. The second-order valence-corrected chi connectivity index (χ2v) is 6.36. The van der Waals surface area contributed by atoms with Gasteiger partial charge in [-0.3, -0.25) is 0 Å². The van der Waals surface area contributed by atoms with Gasteiger partial charge in [-0.1, -0.05) is 0 Å². The van der Waals surface area contributed by atoms with Gasteiger partial charge >= 0.3 is 0 Å². The molecule has 1 aliphatic carbocycles. The van der Waals surface area contributed by atoms with Crippen LogP contribution in [0.4, 0.5) is 0 Å². The van der Waals surface area contributed by atoms with E-state index in [0.29, 0.717) is 6.04 Å². The van der Waals surface area contributed by atoms with Crippen LogP contribution < -0.4 is 0 Å². The summed E-state index contributed by atoms with van der Waals surface area (Å²) in [5.74, 6) is 1.67. The van der Waals surface area contributed by atoms with Crippen LogP contribution in [0.15, 0.2) is 0 Å². The van der Waals surface area contributed by atoms with Gasteiger partial charge in [-0.25, -0.2) is 0 Å². The molecule has 18 heavy (non-hydrogen) atoms. The van der Waals surface area contributed by atoms with Crippen molar-refractivity contribution in [3.8, 4) is 0 Å². The Morgan fingerprint density at radius 3 is 2.39 bits per heavy atom. The molecule has 0 aromatic heterocycles. The number of hydrogen-bond acceptors (Lipinski definition) is 3. The molecule has 106 valence electrons. The maximum atomic E-state index is 9.66. The van der Waals surface area contributed by atoms with Crippen molar-refractivity contribution in [1.29, 1.82) is 0 Å². The minimum atomic E-state index is -0.0614. The van der Waals surface area contributed by atoms with Crippen molar-refractivity contribution in [3.05, 3.63) is 0 Å². The van der Waals surface area contributed by atoms with E-state index in [0.717, 1.165) is 37.8 Å². The van der Waals surface area contributed by atoms with Gasteiger partial charge < -0.3 is 14.7 Å². The second kappa shape index (κ2) is 6.88. The molecule has 0 spiro atoms. The lowest BCUT2D eigenvalue weighted by Crippen LogP contribution is -2.45. The Kier molecular flexibility index (Phi) is 5.46. The van der Waals surface area contributed by atoms with Crippen molar-refractivity contribution in [2.75, 3.05) is 26.8 Å². The first-order chi connectivity index (χ1) is 8.69. The molecule has 1 saturated heterocycles. The molecule has 2 atom stereocenters. The lowest BCUT2D eigenvalue weighted by molar-refractivity contribution is 0.0319. The molecule has 0 aromatic carbocycles. The minimum Gasteiger partial charge on any atom is -0.393 e. The molecule has 1 N–H and O–H groups in total. The number of rotatable bonds is 4. The molecule has 2 rings (SSSR count). The van der Waals surface area contributed by atoms with Gasteiger partial charge in [0.05, 0.1) is 6.10 Å². The van der Waals surface area contributed by atoms with Gasteiger partial charge in [0.2, 0.25) is 0 Å². The number of aliphatic hydroxyl groups excluding tert-OH is 1. The zero-order valence-corrected chi connectivity index (χ0v) is 12.0. The largest absolute Gasteiger partial charge is 0.393 e. The normalized spacial score (nSPS) is 38.8. The number of nitrogens with zero attached hydrogens (tertiary/aromatic N) is 1. The zero-order chi connectivity index (χ0) is 13.0. The lowest BCUT2D eigenvalue weighted by Gasteiger charge is -2.39. The molecule has 0 aromatic rings. The SMILES string of the molecule is COCC1CCC(CN2CCC(O)CC2C)CC1. The maximum Gasteiger partial charge on any atom is 0.0567 e. The highest BCUT2D eigenvalue weighted by molar-refractivity contribution is 4.82. The fourth-order valence-corrected chi connectivity index (χ4v) is 3.62. The number of ether oxygens (including phenoxy) is 1. The monoisotopic (exact) mass is 255 g/mol.